The van der Waals surface area contributed by atoms with E-state index in [-0.39, 0.29) is 5.91 Å². The van der Waals surface area contributed by atoms with Crippen molar-refractivity contribution >= 4 is 36.2 Å². The van der Waals surface area contributed by atoms with Crippen molar-refractivity contribution in [1.82, 2.24) is 4.92 Å². The van der Waals surface area contributed by atoms with Crippen LogP contribution >= 0.6 is 11.6 Å². The lowest BCUT2D eigenvalue weighted by Crippen LogP contribution is -2.52. The van der Waals surface area contributed by atoms with Gasteiger partial charge in [-0.1, -0.05) is 35.9 Å². The van der Waals surface area contributed by atoms with Crippen molar-refractivity contribution in [3.8, 4) is 0 Å². The number of hydrogen-bond donors (Lipinski definition) is 1. The Labute approximate surface area is 121 Å². The van der Waals surface area contributed by atoms with Gasteiger partial charge >= 0.3 is 7.05 Å². The van der Waals surface area contributed by atoms with Gasteiger partial charge in [-0.25, -0.2) is 4.92 Å². The molecule has 1 N–H and O–H groups in total. The number of halogens is 1. The highest BCUT2D eigenvalue weighted by Crippen LogP contribution is 2.14. The quantitative estimate of drug-likeness (QED) is 0.807. The van der Waals surface area contributed by atoms with Crippen molar-refractivity contribution in [3.05, 3.63) is 64.7 Å². The lowest BCUT2D eigenvalue weighted by atomic mass is 9.69. The first-order valence-electron chi connectivity index (χ1n) is 6.07. The molecule has 0 aromatic heterocycles. The summed E-state index contributed by atoms with van der Waals surface area (Å²) in [7, 11) is -1.14. The fourth-order valence-electron chi connectivity index (χ4n) is 2.08. The van der Waals surface area contributed by atoms with E-state index in [0.717, 1.165) is 10.5 Å². The number of fused-ring (bicyclic) bond motifs is 1. The zero-order valence-corrected chi connectivity index (χ0v) is 11.2. The average Bonchev–Trinajstić information content (AvgIpc) is 2.48. The highest BCUT2D eigenvalue weighted by molar-refractivity contribution is 6.68. The minimum absolute atomic E-state index is 0.361. The maximum Gasteiger partial charge on any atom is 0.474 e. The van der Waals surface area contributed by atoms with Crippen molar-refractivity contribution in [3.63, 3.8) is 0 Å². The molecule has 98 valence electrons. The van der Waals surface area contributed by atoms with Crippen LogP contribution in [0.25, 0.3) is 0 Å². The molecule has 1 aliphatic rings. The van der Waals surface area contributed by atoms with Gasteiger partial charge in [0.15, 0.2) is 0 Å². The third-order valence-electron chi connectivity index (χ3n) is 3.11. The van der Waals surface area contributed by atoms with Gasteiger partial charge in [-0.15, -0.1) is 0 Å². The van der Waals surface area contributed by atoms with E-state index in [4.69, 9.17) is 11.6 Å². The van der Waals surface area contributed by atoms with Crippen molar-refractivity contribution in [1.29, 1.82) is 0 Å². The number of carbonyl (C=O) groups excluding carboxylic acids is 1. The largest absolute Gasteiger partial charge is 0.474 e. The molecular weight excluding hydrogens is 274 g/mol. The highest BCUT2D eigenvalue weighted by atomic mass is 35.5. The van der Waals surface area contributed by atoms with Gasteiger partial charge in [-0.05, 0) is 35.3 Å². The Morgan fingerprint density at radius 1 is 1.20 bits per heavy atom. The number of rotatable bonds is 1. The molecular formula is C14H10BClN2O2. The van der Waals surface area contributed by atoms with Crippen LogP contribution in [0.5, 0.6) is 0 Å². The number of amides is 1. The lowest BCUT2D eigenvalue weighted by Gasteiger charge is -2.25. The summed E-state index contributed by atoms with van der Waals surface area (Å²) in [5, 5.41) is 14.8. The lowest BCUT2D eigenvalue weighted by molar-refractivity contribution is 0.0846. The topological polar surface area (TPSA) is 52.9 Å². The fraction of sp³-hybridized carbons (Fsp3) is 0. The summed E-state index contributed by atoms with van der Waals surface area (Å²) in [5.74, 6) is -0.361. The molecule has 1 aliphatic heterocycles. The number of nitrogens with zero attached hydrogens (tertiary/aromatic N) is 2. The van der Waals surface area contributed by atoms with Gasteiger partial charge in [0.05, 0.1) is 6.21 Å². The molecule has 0 spiro atoms. The molecule has 20 heavy (non-hydrogen) atoms. The van der Waals surface area contributed by atoms with Crippen molar-refractivity contribution in [2.24, 2.45) is 5.10 Å². The van der Waals surface area contributed by atoms with E-state index in [2.05, 4.69) is 5.10 Å². The number of hydrogen-bond acceptors (Lipinski definition) is 3. The zero-order chi connectivity index (χ0) is 14.1. The monoisotopic (exact) mass is 284 g/mol. The minimum atomic E-state index is -1.14. The Balaban J connectivity index is 1.96. The Hall–Kier alpha value is -2.11. The van der Waals surface area contributed by atoms with E-state index in [9.17, 15) is 9.82 Å². The van der Waals surface area contributed by atoms with E-state index in [1.54, 1.807) is 48.7 Å². The second kappa shape index (κ2) is 5.11. The molecule has 1 amide bonds. The molecule has 0 radical (unpaired) electrons. The van der Waals surface area contributed by atoms with E-state index < -0.39 is 7.05 Å². The zero-order valence-electron chi connectivity index (χ0n) is 10.4. The maximum absolute atomic E-state index is 12.3. The molecule has 1 heterocycles. The average molecular weight is 285 g/mol. The van der Waals surface area contributed by atoms with Crippen LogP contribution in [0.3, 0.4) is 0 Å². The van der Waals surface area contributed by atoms with Crippen LogP contribution in [-0.2, 0) is 0 Å². The van der Waals surface area contributed by atoms with Crippen LogP contribution in [0.2, 0.25) is 5.02 Å². The summed E-state index contributed by atoms with van der Waals surface area (Å²) in [4.78, 5) is 13.4. The van der Waals surface area contributed by atoms with Crippen molar-refractivity contribution in [2.75, 3.05) is 0 Å². The Kier molecular flexibility index (Phi) is 3.30. The summed E-state index contributed by atoms with van der Waals surface area (Å²) >= 11 is 5.93. The summed E-state index contributed by atoms with van der Waals surface area (Å²) in [6.45, 7) is 0. The molecule has 0 saturated heterocycles. The van der Waals surface area contributed by atoms with Gasteiger partial charge in [-0.3, -0.25) is 4.79 Å². The predicted molar refractivity (Wildman–Crippen MR) is 79.3 cm³/mol. The standard InChI is InChI=1S/C14H10BClN2O2/c16-12-7-6-11-9-17-18(15(20)13(11)8-12)14(19)10-4-2-1-3-5-10/h1-9,20H. The van der Waals surface area contributed by atoms with Crippen LogP contribution in [0.4, 0.5) is 0 Å². The molecule has 0 bridgehead atoms. The Morgan fingerprint density at radius 3 is 2.70 bits per heavy atom. The summed E-state index contributed by atoms with van der Waals surface area (Å²) < 4.78 is 0. The molecule has 0 aliphatic carbocycles. The molecule has 2 aromatic carbocycles. The summed E-state index contributed by atoms with van der Waals surface area (Å²) in [6.07, 6.45) is 1.54. The second-order valence-corrected chi connectivity index (χ2v) is 4.84. The van der Waals surface area contributed by atoms with Crippen molar-refractivity contribution in [2.45, 2.75) is 0 Å². The van der Waals surface area contributed by atoms with Gasteiger partial charge in [0.25, 0.3) is 5.91 Å². The van der Waals surface area contributed by atoms with Gasteiger partial charge in [0.2, 0.25) is 0 Å². The first-order valence-corrected chi connectivity index (χ1v) is 6.45. The van der Waals surface area contributed by atoms with E-state index >= 15 is 0 Å². The van der Waals surface area contributed by atoms with Gasteiger partial charge in [-0.2, -0.15) is 5.10 Å². The van der Waals surface area contributed by atoms with Crippen LogP contribution in [0.15, 0.2) is 53.6 Å². The summed E-state index contributed by atoms with van der Waals surface area (Å²) in [6, 6.07) is 13.8. The fourth-order valence-corrected chi connectivity index (χ4v) is 2.26. The van der Waals surface area contributed by atoms with Crippen molar-refractivity contribution < 1.29 is 9.82 Å². The Bertz CT molecular complexity index is 691. The van der Waals surface area contributed by atoms with Gasteiger partial charge in [0, 0.05) is 10.6 Å². The number of benzene rings is 2. The normalized spacial score (nSPS) is 13.3. The van der Waals surface area contributed by atoms with E-state index in [0.29, 0.717) is 16.0 Å². The van der Waals surface area contributed by atoms with Gasteiger partial charge < -0.3 is 5.02 Å². The molecule has 0 fully saturated rings. The van der Waals surface area contributed by atoms with E-state index in [1.165, 1.54) is 0 Å². The smallest absolute Gasteiger partial charge is 0.427 e. The molecule has 6 heteroatoms. The molecule has 0 saturated carbocycles. The molecule has 0 unspecified atom stereocenters. The molecule has 2 aromatic rings. The third kappa shape index (κ3) is 2.22. The van der Waals surface area contributed by atoms with Crippen LogP contribution in [0, 0.1) is 0 Å². The predicted octanol–water partition coefficient (Wildman–Crippen LogP) is 1.52. The van der Waals surface area contributed by atoms with Crippen LogP contribution in [0.1, 0.15) is 15.9 Å². The molecule has 4 nitrogen and oxygen atoms in total. The molecule has 0 atom stereocenters. The molecule has 3 rings (SSSR count). The first kappa shape index (κ1) is 12.9. The second-order valence-electron chi connectivity index (χ2n) is 4.41. The SMILES string of the molecule is O=C(c1ccccc1)N1N=Cc2ccc(Cl)cc2B1O. The van der Waals surface area contributed by atoms with Crippen LogP contribution < -0.4 is 5.46 Å². The third-order valence-corrected chi connectivity index (χ3v) is 3.34. The number of hydrazone groups is 1. The Morgan fingerprint density at radius 2 is 1.95 bits per heavy atom. The minimum Gasteiger partial charge on any atom is -0.427 e. The number of carbonyl (C=O) groups is 1. The van der Waals surface area contributed by atoms with E-state index in [1.807, 2.05) is 6.07 Å². The van der Waals surface area contributed by atoms with Crippen LogP contribution in [-0.4, -0.2) is 29.1 Å². The van der Waals surface area contributed by atoms with Gasteiger partial charge in [0.1, 0.15) is 0 Å². The maximum atomic E-state index is 12.3. The highest BCUT2D eigenvalue weighted by Gasteiger charge is 2.34. The first-order chi connectivity index (χ1) is 9.66. The summed E-state index contributed by atoms with van der Waals surface area (Å²) in [5.41, 5.74) is 1.78.